The van der Waals surface area contributed by atoms with Gasteiger partial charge in [0.15, 0.2) is 0 Å². The number of anilines is 1. The molecule has 18 heavy (non-hydrogen) atoms. The quantitative estimate of drug-likeness (QED) is 0.817. The first-order chi connectivity index (χ1) is 8.24. The molecule has 0 saturated carbocycles. The number of hydrogen-bond donors (Lipinski definition) is 2. The van der Waals surface area contributed by atoms with Gasteiger partial charge in [-0.25, -0.2) is 18.1 Å². The summed E-state index contributed by atoms with van der Waals surface area (Å²) in [6.45, 7) is 1.76. The number of rotatable bonds is 5. The Morgan fingerprint density at radius 1 is 1.61 bits per heavy atom. The first-order valence-electron chi connectivity index (χ1n) is 4.97. The molecule has 0 aliphatic heterocycles. The molecule has 2 unspecified atom stereocenters. The number of aromatic nitrogens is 1. The lowest BCUT2D eigenvalue weighted by atomic mass is 10.5. The summed E-state index contributed by atoms with van der Waals surface area (Å²) in [5.74, 6) is 0.0682. The van der Waals surface area contributed by atoms with Crippen LogP contribution in [0.1, 0.15) is 6.92 Å². The van der Waals surface area contributed by atoms with Gasteiger partial charge in [0.2, 0.25) is 10.0 Å². The summed E-state index contributed by atoms with van der Waals surface area (Å²) in [4.78, 5) is 3.60. The van der Waals surface area contributed by atoms with E-state index in [1.807, 2.05) is 0 Å². The summed E-state index contributed by atoms with van der Waals surface area (Å²) >= 11 is 5.70. The van der Waals surface area contributed by atoms with Gasteiger partial charge in [-0.3, -0.25) is 4.21 Å². The third-order valence-corrected chi connectivity index (χ3v) is 5.28. The zero-order valence-corrected chi connectivity index (χ0v) is 12.3. The number of sulfonamides is 1. The molecule has 0 aliphatic carbocycles. The summed E-state index contributed by atoms with van der Waals surface area (Å²) in [5.41, 5.74) is 5.40. The van der Waals surface area contributed by atoms with Gasteiger partial charge >= 0.3 is 0 Å². The maximum absolute atomic E-state index is 11.9. The Labute approximate surface area is 113 Å². The van der Waals surface area contributed by atoms with Crippen molar-refractivity contribution in [2.75, 3.05) is 18.5 Å². The van der Waals surface area contributed by atoms with Crippen LogP contribution in [0.15, 0.2) is 17.2 Å². The van der Waals surface area contributed by atoms with Crippen molar-refractivity contribution in [3.8, 4) is 0 Å². The van der Waals surface area contributed by atoms with Gasteiger partial charge < -0.3 is 5.73 Å². The molecule has 0 fully saturated rings. The van der Waals surface area contributed by atoms with Gasteiger partial charge in [0.1, 0.15) is 10.7 Å². The van der Waals surface area contributed by atoms with Crippen LogP contribution in [0.5, 0.6) is 0 Å². The lowest BCUT2D eigenvalue weighted by Gasteiger charge is -2.10. The normalized spacial score (nSPS) is 15.3. The molecule has 0 amide bonds. The van der Waals surface area contributed by atoms with Gasteiger partial charge in [-0.2, -0.15) is 0 Å². The zero-order valence-electron chi connectivity index (χ0n) is 9.88. The highest BCUT2D eigenvalue weighted by Gasteiger charge is 2.18. The first-order valence-corrected chi connectivity index (χ1v) is 8.45. The van der Waals surface area contributed by atoms with Gasteiger partial charge in [-0.05, 0) is 13.0 Å². The van der Waals surface area contributed by atoms with E-state index >= 15 is 0 Å². The molecular weight excluding hydrogens is 298 g/mol. The van der Waals surface area contributed by atoms with Crippen molar-refractivity contribution < 1.29 is 12.6 Å². The lowest BCUT2D eigenvalue weighted by Crippen LogP contribution is -2.32. The van der Waals surface area contributed by atoms with Crippen LogP contribution >= 0.6 is 11.6 Å². The third-order valence-electron chi connectivity index (χ3n) is 2.28. The number of nitrogen functional groups attached to an aromatic ring is 1. The van der Waals surface area contributed by atoms with E-state index in [0.717, 1.165) is 6.20 Å². The second-order valence-corrected chi connectivity index (χ2v) is 7.68. The molecule has 0 saturated heterocycles. The lowest BCUT2D eigenvalue weighted by molar-refractivity contribution is 0.580. The molecule has 1 rings (SSSR count). The summed E-state index contributed by atoms with van der Waals surface area (Å²) in [6, 6.07) is 1.22. The highest BCUT2D eigenvalue weighted by Crippen LogP contribution is 2.19. The standard InChI is InChI=1S/C9H14ClN3O3S2/c1-6(17(2)14)4-13-18(15,16)7-3-8(10)9(11)12-5-7/h3,5-6,13H,4H2,1-2H3,(H2,11,12). The Kier molecular flexibility index (Phi) is 5.09. The Morgan fingerprint density at radius 3 is 2.72 bits per heavy atom. The van der Waals surface area contributed by atoms with Crippen molar-refractivity contribution in [1.82, 2.24) is 9.71 Å². The number of nitrogens with two attached hydrogens (primary N) is 1. The van der Waals surface area contributed by atoms with E-state index in [1.54, 1.807) is 6.92 Å². The highest BCUT2D eigenvalue weighted by atomic mass is 35.5. The van der Waals surface area contributed by atoms with Crippen LogP contribution in [0.2, 0.25) is 5.02 Å². The van der Waals surface area contributed by atoms with Gasteiger partial charge in [0.05, 0.1) is 5.02 Å². The molecule has 1 aromatic heterocycles. The predicted molar refractivity (Wildman–Crippen MR) is 72.4 cm³/mol. The summed E-state index contributed by atoms with van der Waals surface area (Å²) in [7, 11) is -4.81. The van der Waals surface area contributed by atoms with E-state index in [9.17, 15) is 12.6 Å². The Hall–Kier alpha value is -0.700. The van der Waals surface area contributed by atoms with E-state index in [-0.39, 0.29) is 27.5 Å². The van der Waals surface area contributed by atoms with Crippen molar-refractivity contribution in [2.45, 2.75) is 17.1 Å². The van der Waals surface area contributed by atoms with Crippen molar-refractivity contribution in [1.29, 1.82) is 0 Å². The number of nitrogens with one attached hydrogen (secondary N) is 1. The second kappa shape index (κ2) is 5.96. The fourth-order valence-corrected chi connectivity index (χ4v) is 2.76. The zero-order chi connectivity index (χ0) is 13.9. The van der Waals surface area contributed by atoms with E-state index in [4.69, 9.17) is 17.3 Å². The van der Waals surface area contributed by atoms with Crippen molar-refractivity contribution in [2.24, 2.45) is 0 Å². The van der Waals surface area contributed by atoms with Crippen LogP contribution < -0.4 is 10.5 Å². The molecule has 1 heterocycles. The number of pyridine rings is 1. The monoisotopic (exact) mass is 311 g/mol. The van der Waals surface area contributed by atoms with Crippen LogP contribution in [0.3, 0.4) is 0 Å². The molecular formula is C9H14ClN3O3S2. The van der Waals surface area contributed by atoms with Crippen LogP contribution in [-0.4, -0.2) is 35.7 Å². The first kappa shape index (κ1) is 15.4. The largest absolute Gasteiger partial charge is 0.382 e. The molecule has 2 atom stereocenters. The minimum Gasteiger partial charge on any atom is -0.382 e. The fraction of sp³-hybridized carbons (Fsp3) is 0.444. The van der Waals surface area contributed by atoms with E-state index < -0.39 is 20.8 Å². The molecule has 3 N–H and O–H groups in total. The second-order valence-electron chi connectivity index (χ2n) is 3.70. The minimum atomic E-state index is -3.72. The molecule has 0 spiro atoms. The molecule has 102 valence electrons. The summed E-state index contributed by atoms with van der Waals surface area (Å²) in [6.07, 6.45) is 2.64. The van der Waals surface area contributed by atoms with Crippen molar-refractivity contribution >= 4 is 38.2 Å². The van der Waals surface area contributed by atoms with E-state index in [0.29, 0.717) is 0 Å². The van der Waals surface area contributed by atoms with Gasteiger partial charge in [-0.15, -0.1) is 0 Å². The van der Waals surface area contributed by atoms with Crippen LogP contribution in [0, 0.1) is 0 Å². The van der Waals surface area contributed by atoms with Gasteiger partial charge in [-0.1, -0.05) is 11.6 Å². The van der Waals surface area contributed by atoms with E-state index in [2.05, 4.69) is 9.71 Å². The minimum absolute atomic E-state index is 0.0682. The maximum atomic E-state index is 11.9. The Bertz CT molecular complexity index is 562. The predicted octanol–water partition coefficient (Wildman–Crippen LogP) is 0.362. The summed E-state index contributed by atoms with van der Waals surface area (Å²) < 4.78 is 37.2. The van der Waals surface area contributed by atoms with Crippen LogP contribution in [0.4, 0.5) is 5.82 Å². The molecule has 0 aromatic carbocycles. The van der Waals surface area contributed by atoms with E-state index in [1.165, 1.54) is 12.3 Å². The smallest absolute Gasteiger partial charge is 0.242 e. The average Bonchev–Trinajstić information content (AvgIpc) is 2.29. The molecule has 0 aliphatic rings. The molecule has 0 radical (unpaired) electrons. The summed E-state index contributed by atoms with van der Waals surface area (Å²) in [5, 5.41) is -0.207. The average molecular weight is 312 g/mol. The third kappa shape index (κ3) is 3.91. The van der Waals surface area contributed by atoms with Crippen LogP contribution in [-0.2, 0) is 20.8 Å². The maximum Gasteiger partial charge on any atom is 0.242 e. The van der Waals surface area contributed by atoms with Crippen molar-refractivity contribution in [3.63, 3.8) is 0 Å². The van der Waals surface area contributed by atoms with Gasteiger partial charge in [0, 0.05) is 35.0 Å². The number of hydrogen-bond acceptors (Lipinski definition) is 5. The molecule has 6 nitrogen and oxygen atoms in total. The topological polar surface area (TPSA) is 102 Å². The highest BCUT2D eigenvalue weighted by molar-refractivity contribution is 7.89. The fourth-order valence-electron chi connectivity index (χ4n) is 1.01. The van der Waals surface area contributed by atoms with Crippen molar-refractivity contribution in [3.05, 3.63) is 17.3 Å². The number of nitrogens with zero attached hydrogens (tertiary/aromatic N) is 1. The van der Waals surface area contributed by atoms with Gasteiger partial charge in [0.25, 0.3) is 0 Å². The Balaban J connectivity index is 2.87. The Morgan fingerprint density at radius 2 is 2.22 bits per heavy atom. The molecule has 0 bridgehead atoms. The number of halogens is 1. The molecule has 1 aromatic rings. The van der Waals surface area contributed by atoms with Crippen LogP contribution in [0.25, 0.3) is 0 Å². The molecule has 9 heteroatoms. The SMILES string of the molecule is CC(CNS(=O)(=O)c1cnc(N)c(Cl)c1)S(C)=O.